The Morgan fingerprint density at radius 3 is 2.10 bits per heavy atom. The van der Waals surface area contributed by atoms with Gasteiger partial charge in [-0.25, -0.2) is 0 Å². The fourth-order valence-electron chi connectivity index (χ4n) is 2.96. The predicted octanol–water partition coefficient (Wildman–Crippen LogP) is 5.81. The average Bonchev–Trinajstić information content (AvgIpc) is 2.79. The molecule has 0 bridgehead atoms. The molecule has 3 aromatic carbocycles. The quantitative estimate of drug-likeness (QED) is 0.398. The van der Waals surface area contributed by atoms with E-state index in [0.29, 0.717) is 35.4 Å². The summed E-state index contributed by atoms with van der Waals surface area (Å²) in [5.41, 5.74) is 2.09. The lowest BCUT2D eigenvalue weighted by Gasteiger charge is -2.17. The first-order valence-corrected chi connectivity index (χ1v) is 9.57. The van der Waals surface area contributed by atoms with Crippen LogP contribution in [0.15, 0.2) is 73.3 Å². The molecule has 30 heavy (non-hydrogen) atoms. The van der Waals surface area contributed by atoms with Gasteiger partial charge in [-0.1, -0.05) is 30.3 Å². The van der Waals surface area contributed by atoms with E-state index in [0.717, 1.165) is 23.3 Å². The summed E-state index contributed by atoms with van der Waals surface area (Å²) >= 11 is 0. The van der Waals surface area contributed by atoms with Gasteiger partial charge in [-0.3, -0.25) is 0 Å². The van der Waals surface area contributed by atoms with E-state index in [4.69, 9.17) is 23.7 Å². The summed E-state index contributed by atoms with van der Waals surface area (Å²) in [6.45, 7) is 4.14. The average molecular weight is 406 g/mol. The molecular formula is C25H26O5. The number of methoxy groups -OCH3 is 3. The molecule has 0 N–H and O–H groups in total. The highest BCUT2D eigenvalue weighted by Gasteiger charge is 2.15. The second kappa shape index (κ2) is 10.3. The maximum absolute atomic E-state index is 6.16. The van der Waals surface area contributed by atoms with Crippen molar-refractivity contribution in [3.8, 4) is 34.5 Å². The van der Waals surface area contributed by atoms with Crippen molar-refractivity contribution in [2.75, 3.05) is 21.3 Å². The van der Waals surface area contributed by atoms with Crippen molar-refractivity contribution in [2.24, 2.45) is 0 Å². The van der Waals surface area contributed by atoms with Gasteiger partial charge >= 0.3 is 0 Å². The molecule has 5 nitrogen and oxygen atoms in total. The van der Waals surface area contributed by atoms with Gasteiger partial charge in [-0.2, -0.15) is 0 Å². The van der Waals surface area contributed by atoms with Gasteiger partial charge in [0.1, 0.15) is 12.4 Å². The summed E-state index contributed by atoms with van der Waals surface area (Å²) in [4.78, 5) is 0. The van der Waals surface area contributed by atoms with Gasteiger partial charge in [0.05, 0.1) is 21.3 Å². The molecule has 0 atom stereocenters. The van der Waals surface area contributed by atoms with Crippen molar-refractivity contribution in [3.05, 3.63) is 84.4 Å². The lowest BCUT2D eigenvalue weighted by Crippen LogP contribution is -2.00. The van der Waals surface area contributed by atoms with Gasteiger partial charge in [0.15, 0.2) is 23.0 Å². The zero-order valence-electron chi connectivity index (χ0n) is 17.5. The number of benzene rings is 3. The molecule has 0 aliphatic rings. The Bertz CT molecular complexity index is 979. The van der Waals surface area contributed by atoms with E-state index in [9.17, 15) is 0 Å². The molecule has 0 spiro atoms. The number of hydrogen-bond acceptors (Lipinski definition) is 5. The zero-order chi connectivity index (χ0) is 21.3. The second-order valence-electron chi connectivity index (χ2n) is 6.50. The molecule has 0 amide bonds. The van der Waals surface area contributed by atoms with Gasteiger partial charge in [0.25, 0.3) is 0 Å². The normalized spacial score (nSPS) is 10.2. The van der Waals surface area contributed by atoms with Crippen LogP contribution >= 0.6 is 0 Å². The van der Waals surface area contributed by atoms with Gasteiger partial charge in [0.2, 0.25) is 5.75 Å². The molecule has 156 valence electrons. The topological polar surface area (TPSA) is 46.2 Å². The third-order valence-corrected chi connectivity index (χ3v) is 4.53. The third kappa shape index (κ3) is 5.06. The Labute approximate surface area is 177 Å². The van der Waals surface area contributed by atoms with Crippen LogP contribution in [0.3, 0.4) is 0 Å². The van der Waals surface area contributed by atoms with Crippen molar-refractivity contribution in [1.82, 2.24) is 0 Å². The van der Waals surface area contributed by atoms with Crippen molar-refractivity contribution in [3.63, 3.8) is 0 Å². The van der Waals surface area contributed by atoms with Crippen LogP contribution in [0.1, 0.15) is 11.1 Å². The van der Waals surface area contributed by atoms with Crippen LogP contribution in [0, 0.1) is 0 Å². The van der Waals surface area contributed by atoms with E-state index in [1.54, 1.807) is 21.3 Å². The van der Waals surface area contributed by atoms with Crippen LogP contribution in [0.25, 0.3) is 0 Å². The summed E-state index contributed by atoms with van der Waals surface area (Å²) in [6, 6.07) is 19.0. The van der Waals surface area contributed by atoms with Crippen LogP contribution in [0.4, 0.5) is 0 Å². The van der Waals surface area contributed by atoms with Crippen LogP contribution in [0.5, 0.6) is 34.5 Å². The SMILES string of the molecule is C=CCc1ccc(Oc2cccc(OC)c2OCc2ccc(OC)cc2)c(OC)c1. The standard InChI is InChI=1S/C25H26O5/c1-5-7-18-12-15-21(24(16-18)28-4)30-23-9-6-8-22(27-3)25(23)29-17-19-10-13-20(26-2)14-11-19/h5-6,8-16H,1,7,17H2,2-4H3. The number of para-hydroxylation sites is 1. The van der Waals surface area contributed by atoms with Crippen molar-refractivity contribution in [1.29, 1.82) is 0 Å². The summed E-state index contributed by atoms with van der Waals surface area (Å²) < 4.78 is 28.4. The summed E-state index contributed by atoms with van der Waals surface area (Å²) in [7, 11) is 4.86. The number of rotatable bonds is 10. The molecule has 5 heteroatoms. The first-order chi connectivity index (χ1) is 14.7. The van der Waals surface area contributed by atoms with Crippen LogP contribution < -0.4 is 23.7 Å². The molecule has 0 aliphatic carbocycles. The van der Waals surface area contributed by atoms with Crippen LogP contribution in [0.2, 0.25) is 0 Å². The van der Waals surface area contributed by atoms with E-state index < -0.39 is 0 Å². The maximum atomic E-state index is 6.16. The fourth-order valence-corrected chi connectivity index (χ4v) is 2.96. The van der Waals surface area contributed by atoms with E-state index >= 15 is 0 Å². The van der Waals surface area contributed by atoms with E-state index in [1.807, 2.05) is 66.7 Å². The van der Waals surface area contributed by atoms with Crippen LogP contribution in [-0.2, 0) is 13.0 Å². The first kappa shape index (κ1) is 21.1. The summed E-state index contributed by atoms with van der Waals surface area (Å²) in [5.74, 6) is 3.67. The molecule has 0 heterocycles. The number of allylic oxidation sites excluding steroid dienone is 1. The van der Waals surface area contributed by atoms with Gasteiger partial charge < -0.3 is 23.7 Å². The molecule has 0 aliphatic heterocycles. The Balaban J connectivity index is 1.85. The van der Waals surface area contributed by atoms with E-state index in [1.165, 1.54) is 0 Å². The highest BCUT2D eigenvalue weighted by molar-refractivity contribution is 5.54. The van der Waals surface area contributed by atoms with Gasteiger partial charge in [-0.05, 0) is 53.9 Å². The molecule has 0 radical (unpaired) electrons. The summed E-state index contributed by atoms with van der Waals surface area (Å²) in [5, 5.41) is 0. The van der Waals surface area contributed by atoms with Crippen molar-refractivity contribution >= 4 is 0 Å². The molecule has 0 aromatic heterocycles. The molecular weight excluding hydrogens is 380 g/mol. The summed E-state index contributed by atoms with van der Waals surface area (Å²) in [6.07, 6.45) is 2.61. The minimum atomic E-state index is 0.357. The van der Waals surface area contributed by atoms with E-state index in [2.05, 4.69) is 6.58 Å². The molecule has 0 unspecified atom stereocenters. The smallest absolute Gasteiger partial charge is 0.204 e. The highest BCUT2D eigenvalue weighted by Crippen LogP contribution is 2.42. The number of ether oxygens (including phenoxy) is 5. The number of hydrogen-bond donors (Lipinski definition) is 0. The predicted molar refractivity (Wildman–Crippen MR) is 117 cm³/mol. The Hall–Kier alpha value is -3.60. The molecule has 0 fully saturated rings. The fraction of sp³-hybridized carbons (Fsp3) is 0.200. The minimum Gasteiger partial charge on any atom is -0.497 e. The van der Waals surface area contributed by atoms with Gasteiger partial charge in [0, 0.05) is 0 Å². The lowest BCUT2D eigenvalue weighted by molar-refractivity contribution is 0.270. The van der Waals surface area contributed by atoms with Gasteiger partial charge in [-0.15, -0.1) is 6.58 Å². The largest absolute Gasteiger partial charge is 0.497 e. The first-order valence-electron chi connectivity index (χ1n) is 9.57. The second-order valence-corrected chi connectivity index (χ2v) is 6.50. The molecule has 3 rings (SSSR count). The third-order valence-electron chi connectivity index (χ3n) is 4.53. The zero-order valence-corrected chi connectivity index (χ0v) is 17.5. The Morgan fingerprint density at radius 1 is 0.733 bits per heavy atom. The monoisotopic (exact) mass is 406 g/mol. The highest BCUT2D eigenvalue weighted by atomic mass is 16.5. The van der Waals surface area contributed by atoms with Crippen molar-refractivity contribution < 1.29 is 23.7 Å². The maximum Gasteiger partial charge on any atom is 0.204 e. The molecule has 3 aromatic rings. The Morgan fingerprint density at radius 2 is 1.43 bits per heavy atom. The van der Waals surface area contributed by atoms with E-state index in [-0.39, 0.29) is 0 Å². The lowest BCUT2D eigenvalue weighted by atomic mass is 10.1. The molecule has 0 saturated carbocycles. The molecule has 0 saturated heterocycles. The Kier molecular flexibility index (Phi) is 7.22. The van der Waals surface area contributed by atoms with Crippen LogP contribution in [-0.4, -0.2) is 21.3 Å². The minimum absolute atomic E-state index is 0.357. The van der Waals surface area contributed by atoms with Crippen molar-refractivity contribution in [2.45, 2.75) is 13.0 Å².